The predicted molar refractivity (Wildman–Crippen MR) is 151 cm³/mol. The quantitative estimate of drug-likeness (QED) is 0.449. The van der Waals surface area contributed by atoms with E-state index in [1.54, 1.807) is 23.1 Å². The van der Waals surface area contributed by atoms with Crippen molar-refractivity contribution in [1.29, 1.82) is 0 Å². The van der Waals surface area contributed by atoms with Gasteiger partial charge in [-0.1, -0.05) is 43.1 Å². The van der Waals surface area contributed by atoms with Gasteiger partial charge in [0.25, 0.3) is 0 Å². The molecule has 2 saturated heterocycles. The fraction of sp³-hybridized carbons (Fsp3) is 0.517. The summed E-state index contributed by atoms with van der Waals surface area (Å²) in [6.07, 6.45) is 2.45. The predicted octanol–water partition coefficient (Wildman–Crippen LogP) is 5.32. The smallest absolute Gasteiger partial charge is 0.245 e. The molecule has 0 spiro atoms. The van der Waals surface area contributed by atoms with Gasteiger partial charge in [0.2, 0.25) is 11.8 Å². The fourth-order valence-corrected chi connectivity index (χ4v) is 6.05. The normalized spacial score (nSPS) is 17.9. The van der Waals surface area contributed by atoms with Crippen LogP contribution in [0.15, 0.2) is 36.4 Å². The molecule has 4 rings (SSSR count). The van der Waals surface area contributed by atoms with Gasteiger partial charge in [0.1, 0.15) is 11.9 Å². The Balaban J connectivity index is 1.51. The minimum Gasteiger partial charge on any atom is -0.368 e. The van der Waals surface area contributed by atoms with E-state index in [0.717, 1.165) is 29.7 Å². The van der Waals surface area contributed by atoms with Gasteiger partial charge in [-0.3, -0.25) is 9.59 Å². The number of likely N-dealkylation sites (tertiary alicyclic amines) is 1. The van der Waals surface area contributed by atoms with Gasteiger partial charge in [0.05, 0.1) is 0 Å². The van der Waals surface area contributed by atoms with E-state index >= 15 is 0 Å². The summed E-state index contributed by atoms with van der Waals surface area (Å²) < 4.78 is 14.3. The summed E-state index contributed by atoms with van der Waals surface area (Å²) >= 11 is 12.5. The molecule has 2 atom stereocenters. The maximum absolute atomic E-state index is 14.3. The minimum atomic E-state index is -0.601. The highest BCUT2D eigenvalue weighted by molar-refractivity contribution is 6.35. The topological polar surface area (TPSA) is 55.9 Å². The third-order valence-corrected chi connectivity index (χ3v) is 8.14. The van der Waals surface area contributed by atoms with E-state index in [1.807, 2.05) is 24.1 Å². The molecule has 0 aromatic heterocycles. The first-order valence-electron chi connectivity index (χ1n) is 13.4. The number of amides is 2. The summed E-state index contributed by atoms with van der Waals surface area (Å²) in [4.78, 5) is 32.3. The average molecular weight is 564 g/mol. The number of hydrogen-bond donors (Lipinski definition) is 1. The average Bonchev–Trinajstić information content (AvgIpc) is 3.32. The van der Waals surface area contributed by atoms with Crippen LogP contribution in [-0.4, -0.2) is 67.4 Å². The molecular weight excluding hydrogens is 526 g/mol. The van der Waals surface area contributed by atoms with Crippen molar-refractivity contribution in [2.24, 2.45) is 5.92 Å². The number of hydrogen-bond acceptors (Lipinski definition) is 4. The van der Waals surface area contributed by atoms with Gasteiger partial charge < -0.3 is 20.0 Å². The SMILES string of the molecule is CNC(CC(C)C)c1cc(F)ccc1N1CCN(C(=O)C(Cc2ccc(Cl)cc2Cl)N2CCCC2=O)CC1. The molecule has 2 aromatic carbocycles. The summed E-state index contributed by atoms with van der Waals surface area (Å²) in [5, 5.41) is 4.38. The molecule has 0 bridgehead atoms. The Labute approximate surface area is 235 Å². The second kappa shape index (κ2) is 12.7. The lowest BCUT2D eigenvalue weighted by Crippen LogP contribution is -2.56. The third kappa shape index (κ3) is 6.61. The van der Waals surface area contributed by atoms with Crippen molar-refractivity contribution in [2.45, 2.75) is 51.6 Å². The van der Waals surface area contributed by atoms with Crippen molar-refractivity contribution in [3.8, 4) is 0 Å². The van der Waals surface area contributed by atoms with Crippen LogP contribution >= 0.6 is 23.2 Å². The van der Waals surface area contributed by atoms with Crippen LogP contribution in [-0.2, 0) is 16.0 Å². The molecule has 0 saturated carbocycles. The van der Waals surface area contributed by atoms with Crippen LogP contribution in [0.5, 0.6) is 0 Å². The number of anilines is 1. The Morgan fingerprint density at radius 2 is 1.79 bits per heavy atom. The van der Waals surface area contributed by atoms with Crippen LogP contribution in [0, 0.1) is 11.7 Å². The lowest BCUT2D eigenvalue weighted by Gasteiger charge is -2.40. The second-order valence-corrected chi connectivity index (χ2v) is 11.5. The van der Waals surface area contributed by atoms with Gasteiger partial charge in [-0.25, -0.2) is 4.39 Å². The van der Waals surface area contributed by atoms with E-state index in [9.17, 15) is 14.0 Å². The summed E-state index contributed by atoms with van der Waals surface area (Å²) in [7, 11) is 1.91. The summed E-state index contributed by atoms with van der Waals surface area (Å²) in [5.74, 6) is 0.155. The molecule has 2 amide bonds. The highest BCUT2D eigenvalue weighted by Crippen LogP contribution is 2.32. The Morgan fingerprint density at radius 3 is 2.39 bits per heavy atom. The van der Waals surface area contributed by atoms with Gasteiger partial charge in [-0.15, -0.1) is 0 Å². The Hall–Kier alpha value is -2.35. The van der Waals surface area contributed by atoms with Gasteiger partial charge in [0, 0.05) is 67.3 Å². The number of benzene rings is 2. The highest BCUT2D eigenvalue weighted by Gasteiger charge is 2.37. The second-order valence-electron chi connectivity index (χ2n) is 10.6. The van der Waals surface area contributed by atoms with Gasteiger partial charge in [-0.2, -0.15) is 0 Å². The summed E-state index contributed by atoms with van der Waals surface area (Å²) in [5.41, 5.74) is 2.74. The maximum atomic E-state index is 14.3. The monoisotopic (exact) mass is 562 g/mol. The fourth-order valence-electron chi connectivity index (χ4n) is 5.57. The first kappa shape index (κ1) is 28.7. The molecule has 206 valence electrons. The van der Waals surface area contributed by atoms with Gasteiger partial charge >= 0.3 is 0 Å². The summed E-state index contributed by atoms with van der Waals surface area (Å²) in [6, 6.07) is 9.67. The zero-order chi connectivity index (χ0) is 27.4. The number of halogens is 3. The van der Waals surface area contributed by atoms with E-state index in [1.165, 1.54) is 6.07 Å². The number of carbonyl (C=O) groups excluding carboxylic acids is 2. The third-order valence-electron chi connectivity index (χ3n) is 7.55. The molecule has 2 fully saturated rings. The molecule has 0 radical (unpaired) electrons. The van der Waals surface area contributed by atoms with Crippen LogP contribution in [0.4, 0.5) is 10.1 Å². The Bertz CT molecular complexity index is 1150. The van der Waals surface area contributed by atoms with Crippen LogP contribution in [0.25, 0.3) is 0 Å². The van der Waals surface area contributed by atoms with Crippen molar-refractivity contribution in [3.63, 3.8) is 0 Å². The lowest BCUT2D eigenvalue weighted by molar-refractivity contribution is -0.143. The van der Waals surface area contributed by atoms with Gasteiger partial charge in [-0.05, 0) is 67.3 Å². The zero-order valence-corrected chi connectivity index (χ0v) is 23.9. The van der Waals surface area contributed by atoms with Gasteiger partial charge in [0.15, 0.2) is 0 Å². The van der Waals surface area contributed by atoms with Crippen molar-refractivity contribution in [2.75, 3.05) is 44.7 Å². The summed E-state index contributed by atoms with van der Waals surface area (Å²) in [6.45, 7) is 7.20. The van der Waals surface area contributed by atoms with Crippen molar-refractivity contribution < 1.29 is 14.0 Å². The molecule has 0 aliphatic carbocycles. The van der Waals surface area contributed by atoms with E-state index < -0.39 is 6.04 Å². The van der Waals surface area contributed by atoms with E-state index in [2.05, 4.69) is 24.1 Å². The molecule has 2 aromatic rings. The number of nitrogens with one attached hydrogen (secondary N) is 1. The van der Waals surface area contributed by atoms with Crippen LogP contribution in [0.3, 0.4) is 0 Å². The largest absolute Gasteiger partial charge is 0.368 e. The maximum Gasteiger partial charge on any atom is 0.245 e. The molecule has 2 aliphatic heterocycles. The van der Waals surface area contributed by atoms with Crippen molar-refractivity contribution in [3.05, 3.63) is 63.4 Å². The zero-order valence-electron chi connectivity index (χ0n) is 22.4. The van der Waals surface area contributed by atoms with E-state index in [0.29, 0.717) is 61.5 Å². The molecule has 38 heavy (non-hydrogen) atoms. The number of rotatable bonds is 9. The highest BCUT2D eigenvalue weighted by atomic mass is 35.5. The molecule has 2 unspecified atom stereocenters. The Kier molecular flexibility index (Phi) is 9.55. The molecule has 6 nitrogen and oxygen atoms in total. The van der Waals surface area contributed by atoms with Crippen molar-refractivity contribution in [1.82, 2.24) is 15.1 Å². The van der Waals surface area contributed by atoms with Crippen molar-refractivity contribution >= 4 is 40.7 Å². The lowest BCUT2D eigenvalue weighted by atomic mass is 9.95. The molecule has 2 aliphatic rings. The molecule has 2 heterocycles. The van der Waals surface area contributed by atoms with Crippen LogP contribution in [0.2, 0.25) is 10.0 Å². The number of piperazine rings is 1. The minimum absolute atomic E-state index is 0.00582. The molecule has 1 N–H and O–H groups in total. The standard InChI is InChI=1S/C29H37Cl2FN4O2/c1-19(2)15-25(33-3)23-18-22(32)8-9-26(23)34-11-13-35(14-12-34)29(38)27(36-10-4-5-28(36)37)16-20-6-7-21(30)17-24(20)31/h6-9,17-19,25,27,33H,4-5,10-16H2,1-3H3. The van der Waals surface area contributed by atoms with E-state index in [4.69, 9.17) is 23.2 Å². The number of carbonyl (C=O) groups is 2. The van der Waals surface area contributed by atoms with Crippen LogP contribution in [0.1, 0.15) is 50.3 Å². The Morgan fingerprint density at radius 1 is 1.05 bits per heavy atom. The van der Waals surface area contributed by atoms with E-state index in [-0.39, 0.29) is 23.7 Å². The number of nitrogens with zero attached hydrogens (tertiary/aromatic N) is 3. The van der Waals surface area contributed by atoms with Crippen LogP contribution < -0.4 is 10.2 Å². The molecular formula is C29H37Cl2FN4O2. The first-order valence-corrected chi connectivity index (χ1v) is 14.2. The first-order chi connectivity index (χ1) is 18.2. The molecule has 9 heteroatoms.